The van der Waals surface area contributed by atoms with Crippen molar-refractivity contribution in [2.24, 2.45) is 0 Å². The Morgan fingerprint density at radius 2 is 2.17 bits per heavy atom. The number of fused-ring (bicyclic) bond motifs is 1. The average Bonchev–Trinajstić information content (AvgIpc) is 2.96. The number of ether oxygens (including phenoxy) is 1. The first-order chi connectivity index (χ1) is 8.72. The lowest BCUT2D eigenvalue weighted by Crippen LogP contribution is -2.10. The highest BCUT2D eigenvalue weighted by Crippen LogP contribution is 2.27. The first-order valence-electron chi connectivity index (χ1n) is 6.03. The van der Waals surface area contributed by atoms with E-state index in [1.807, 2.05) is 0 Å². The van der Waals surface area contributed by atoms with Crippen LogP contribution in [0.5, 0.6) is 6.08 Å². The minimum atomic E-state index is -0.980. The third-order valence-corrected chi connectivity index (χ3v) is 3.19. The number of nitrogens with zero attached hydrogens (tertiary/aromatic N) is 1. The molecule has 1 aliphatic rings. The maximum absolute atomic E-state index is 10.8. The van der Waals surface area contributed by atoms with Gasteiger partial charge in [-0.2, -0.15) is 4.98 Å². The zero-order valence-corrected chi connectivity index (χ0v) is 9.76. The standard InChI is InChI=1S/C13H13NO4/c15-12(16)8-5-6-10-11(7-8)18-13(14-10)17-9-3-1-2-4-9/h5-7,9H,1-4H2,(H,15,16). The predicted octanol–water partition coefficient (Wildman–Crippen LogP) is 2.85. The van der Waals surface area contributed by atoms with Crippen LogP contribution in [0, 0.1) is 0 Å². The smallest absolute Gasteiger partial charge is 0.394 e. The van der Waals surface area contributed by atoms with E-state index >= 15 is 0 Å². The Balaban J connectivity index is 1.87. The van der Waals surface area contributed by atoms with Crippen LogP contribution in [-0.2, 0) is 0 Å². The number of carboxylic acid groups (broad SMARTS) is 1. The molecule has 1 saturated carbocycles. The van der Waals surface area contributed by atoms with Gasteiger partial charge in [-0.25, -0.2) is 4.79 Å². The van der Waals surface area contributed by atoms with Crippen molar-refractivity contribution in [3.8, 4) is 6.08 Å². The van der Waals surface area contributed by atoms with Gasteiger partial charge < -0.3 is 14.3 Å². The van der Waals surface area contributed by atoms with Gasteiger partial charge in [0.15, 0.2) is 5.58 Å². The normalized spacial score (nSPS) is 16.2. The zero-order valence-electron chi connectivity index (χ0n) is 9.76. The van der Waals surface area contributed by atoms with E-state index < -0.39 is 5.97 Å². The van der Waals surface area contributed by atoms with Crippen molar-refractivity contribution in [1.82, 2.24) is 4.98 Å². The lowest BCUT2D eigenvalue weighted by Gasteiger charge is -2.07. The molecular formula is C13H13NO4. The first kappa shape index (κ1) is 11.1. The predicted molar refractivity (Wildman–Crippen MR) is 63.9 cm³/mol. The van der Waals surface area contributed by atoms with Crippen molar-refractivity contribution in [3.05, 3.63) is 23.8 Å². The molecule has 1 N–H and O–H groups in total. The van der Waals surface area contributed by atoms with Crippen molar-refractivity contribution in [2.75, 3.05) is 0 Å². The first-order valence-corrected chi connectivity index (χ1v) is 6.03. The van der Waals surface area contributed by atoms with Gasteiger partial charge in [0, 0.05) is 0 Å². The van der Waals surface area contributed by atoms with Crippen LogP contribution in [0.1, 0.15) is 36.0 Å². The maximum atomic E-state index is 10.8. The molecule has 1 aromatic heterocycles. The number of hydrogen-bond donors (Lipinski definition) is 1. The second-order valence-electron chi connectivity index (χ2n) is 4.49. The molecule has 0 saturated heterocycles. The highest BCUT2D eigenvalue weighted by Gasteiger charge is 2.19. The number of carboxylic acids is 1. The van der Waals surface area contributed by atoms with E-state index in [1.165, 1.54) is 25.0 Å². The molecule has 1 fully saturated rings. The molecule has 18 heavy (non-hydrogen) atoms. The van der Waals surface area contributed by atoms with Gasteiger partial charge in [0.25, 0.3) is 0 Å². The molecule has 1 aromatic carbocycles. The van der Waals surface area contributed by atoms with Crippen LogP contribution in [0.15, 0.2) is 22.6 Å². The fourth-order valence-corrected chi connectivity index (χ4v) is 2.24. The van der Waals surface area contributed by atoms with Gasteiger partial charge in [-0.1, -0.05) is 0 Å². The highest BCUT2D eigenvalue weighted by atomic mass is 16.6. The summed E-state index contributed by atoms with van der Waals surface area (Å²) in [7, 11) is 0. The van der Waals surface area contributed by atoms with Crippen molar-refractivity contribution < 1.29 is 19.1 Å². The summed E-state index contributed by atoms with van der Waals surface area (Å²) in [5.41, 5.74) is 1.25. The number of benzene rings is 1. The summed E-state index contributed by atoms with van der Waals surface area (Å²) in [5, 5.41) is 8.89. The van der Waals surface area contributed by atoms with Gasteiger partial charge in [-0.3, -0.25) is 0 Å². The van der Waals surface area contributed by atoms with Crippen LogP contribution in [0.2, 0.25) is 0 Å². The van der Waals surface area contributed by atoms with Crippen LogP contribution in [0.4, 0.5) is 0 Å². The zero-order chi connectivity index (χ0) is 12.5. The summed E-state index contributed by atoms with van der Waals surface area (Å²) in [5.74, 6) is -0.980. The van der Waals surface area contributed by atoms with E-state index in [4.69, 9.17) is 14.3 Å². The Kier molecular flexibility index (Phi) is 2.66. The number of aromatic carboxylic acids is 1. The van der Waals surface area contributed by atoms with Gasteiger partial charge in [-0.05, 0) is 43.9 Å². The second kappa shape index (κ2) is 4.33. The average molecular weight is 247 g/mol. The van der Waals surface area contributed by atoms with Gasteiger partial charge in [0.05, 0.1) is 5.56 Å². The quantitative estimate of drug-likeness (QED) is 0.902. The van der Waals surface area contributed by atoms with Crippen molar-refractivity contribution in [3.63, 3.8) is 0 Å². The molecule has 0 spiro atoms. The van der Waals surface area contributed by atoms with Crippen molar-refractivity contribution in [1.29, 1.82) is 0 Å². The molecule has 1 aliphatic carbocycles. The Hall–Kier alpha value is -2.04. The van der Waals surface area contributed by atoms with E-state index in [-0.39, 0.29) is 17.7 Å². The molecule has 0 atom stereocenters. The third kappa shape index (κ3) is 2.03. The molecular weight excluding hydrogens is 234 g/mol. The van der Waals surface area contributed by atoms with E-state index in [1.54, 1.807) is 6.07 Å². The molecule has 1 heterocycles. The fraction of sp³-hybridized carbons (Fsp3) is 0.385. The summed E-state index contributed by atoms with van der Waals surface area (Å²) in [6.45, 7) is 0. The van der Waals surface area contributed by atoms with Crippen molar-refractivity contribution >= 4 is 17.1 Å². The number of oxazole rings is 1. The minimum absolute atomic E-state index is 0.178. The Morgan fingerprint density at radius 1 is 1.39 bits per heavy atom. The molecule has 2 aromatic rings. The van der Waals surface area contributed by atoms with E-state index in [0.717, 1.165) is 12.8 Å². The summed E-state index contributed by atoms with van der Waals surface area (Å²) >= 11 is 0. The molecule has 0 amide bonds. The topological polar surface area (TPSA) is 72.6 Å². The summed E-state index contributed by atoms with van der Waals surface area (Å²) < 4.78 is 11.1. The summed E-state index contributed by atoms with van der Waals surface area (Å²) in [4.78, 5) is 15.0. The Morgan fingerprint density at radius 3 is 2.89 bits per heavy atom. The largest absolute Gasteiger partial charge is 0.478 e. The van der Waals surface area contributed by atoms with E-state index in [0.29, 0.717) is 11.1 Å². The molecule has 0 radical (unpaired) electrons. The number of aromatic nitrogens is 1. The fourth-order valence-electron chi connectivity index (χ4n) is 2.24. The molecule has 3 rings (SSSR count). The van der Waals surface area contributed by atoms with Gasteiger partial charge in [0.2, 0.25) is 0 Å². The summed E-state index contributed by atoms with van der Waals surface area (Å²) in [6, 6.07) is 4.60. The maximum Gasteiger partial charge on any atom is 0.394 e. The number of rotatable bonds is 3. The van der Waals surface area contributed by atoms with Crippen LogP contribution >= 0.6 is 0 Å². The van der Waals surface area contributed by atoms with Crippen molar-refractivity contribution in [2.45, 2.75) is 31.8 Å². The van der Waals surface area contributed by atoms with Crippen LogP contribution in [0.3, 0.4) is 0 Å². The lowest BCUT2D eigenvalue weighted by atomic mass is 10.2. The van der Waals surface area contributed by atoms with E-state index in [9.17, 15) is 4.79 Å². The minimum Gasteiger partial charge on any atom is -0.478 e. The molecule has 94 valence electrons. The van der Waals surface area contributed by atoms with Crippen LogP contribution in [0.25, 0.3) is 11.1 Å². The highest BCUT2D eigenvalue weighted by molar-refractivity contribution is 5.91. The van der Waals surface area contributed by atoms with E-state index in [2.05, 4.69) is 4.98 Å². The Labute approximate surface area is 103 Å². The molecule has 0 bridgehead atoms. The van der Waals surface area contributed by atoms with Crippen LogP contribution in [-0.4, -0.2) is 22.2 Å². The van der Waals surface area contributed by atoms with Gasteiger partial charge in [0.1, 0.15) is 11.6 Å². The SMILES string of the molecule is O=C(O)c1ccc2nc(OC3CCCC3)oc2c1. The molecule has 5 heteroatoms. The number of hydrogen-bond acceptors (Lipinski definition) is 4. The monoisotopic (exact) mass is 247 g/mol. The molecule has 5 nitrogen and oxygen atoms in total. The van der Waals surface area contributed by atoms with Crippen LogP contribution < -0.4 is 4.74 Å². The molecule has 0 aliphatic heterocycles. The molecule has 0 unspecified atom stereocenters. The number of carbonyl (C=O) groups is 1. The van der Waals surface area contributed by atoms with Gasteiger partial charge >= 0.3 is 12.0 Å². The third-order valence-electron chi connectivity index (χ3n) is 3.19. The summed E-state index contributed by atoms with van der Waals surface area (Å²) in [6.07, 6.45) is 4.82. The lowest BCUT2D eigenvalue weighted by molar-refractivity contribution is 0.0696. The Bertz CT molecular complexity index is 584. The van der Waals surface area contributed by atoms with Gasteiger partial charge in [-0.15, -0.1) is 0 Å². The second-order valence-corrected chi connectivity index (χ2v) is 4.49.